The molecule has 4 nitrogen and oxygen atoms in total. The highest BCUT2D eigenvalue weighted by molar-refractivity contribution is 6.28. The Labute approximate surface area is 344 Å². The Hall–Kier alpha value is -8.08. The van der Waals surface area contributed by atoms with Crippen molar-refractivity contribution in [2.75, 3.05) is 0 Å². The first-order valence-corrected chi connectivity index (χ1v) is 20.5. The summed E-state index contributed by atoms with van der Waals surface area (Å²) in [5, 5.41) is 12.4. The van der Waals surface area contributed by atoms with Crippen molar-refractivity contribution < 1.29 is 0 Å². The molecule has 13 rings (SSSR count). The van der Waals surface area contributed by atoms with Gasteiger partial charge in [-0.3, -0.25) is 0 Å². The van der Waals surface area contributed by atoms with Crippen LogP contribution in [-0.4, -0.2) is 19.1 Å². The second-order valence-corrected chi connectivity index (χ2v) is 15.8. The average Bonchev–Trinajstić information content (AvgIpc) is 3.83. The molecule has 0 saturated heterocycles. The van der Waals surface area contributed by atoms with Crippen LogP contribution in [0.5, 0.6) is 0 Å². The smallest absolute Gasteiger partial charge is 0.0973 e. The van der Waals surface area contributed by atoms with Gasteiger partial charge < -0.3 is 9.13 Å². The van der Waals surface area contributed by atoms with Crippen molar-refractivity contribution in [1.82, 2.24) is 19.1 Å². The predicted molar refractivity (Wildman–Crippen MR) is 252 cm³/mol. The number of rotatable bonds is 4. The molecule has 10 aromatic carbocycles. The topological polar surface area (TPSA) is 35.6 Å². The maximum Gasteiger partial charge on any atom is 0.0973 e. The van der Waals surface area contributed by atoms with E-state index in [1.807, 2.05) is 30.3 Å². The fraction of sp³-hybridized carbons (Fsp3) is 0. The van der Waals surface area contributed by atoms with Crippen LogP contribution in [-0.2, 0) is 0 Å². The molecule has 4 heteroatoms. The molecule has 60 heavy (non-hydrogen) atoms. The fourth-order valence-corrected chi connectivity index (χ4v) is 9.72. The lowest BCUT2D eigenvalue weighted by molar-refractivity contribution is 1.17. The minimum Gasteiger partial charge on any atom is -0.309 e. The lowest BCUT2D eigenvalue weighted by Crippen LogP contribution is -1.97. The molecule has 0 aliphatic heterocycles. The SMILES string of the molecule is c1ccc(-c2nc3ccccc3nc2-c2ccc3cc(-n4c5cc6c(cc5c5c7ccccc7ccc54)c4c5ccccc5ccc4n6-c4ccccc4)ccc3c2)cc1. The van der Waals surface area contributed by atoms with Crippen LogP contribution in [0, 0.1) is 0 Å². The zero-order valence-electron chi connectivity index (χ0n) is 32.4. The number of hydrogen-bond acceptors (Lipinski definition) is 2. The van der Waals surface area contributed by atoms with Crippen LogP contribution in [0.3, 0.4) is 0 Å². The summed E-state index contributed by atoms with van der Waals surface area (Å²) >= 11 is 0. The lowest BCUT2D eigenvalue weighted by atomic mass is 10.00. The highest BCUT2D eigenvalue weighted by atomic mass is 15.0. The molecule has 0 radical (unpaired) electrons. The Bertz CT molecular complexity index is 3880. The van der Waals surface area contributed by atoms with Crippen molar-refractivity contribution in [3.63, 3.8) is 0 Å². The Morgan fingerprint density at radius 3 is 1.43 bits per heavy atom. The van der Waals surface area contributed by atoms with E-state index in [0.717, 1.165) is 55.7 Å². The molecule has 278 valence electrons. The molecule has 0 aliphatic rings. The van der Waals surface area contributed by atoms with Crippen LogP contribution in [0.2, 0.25) is 0 Å². The molecule has 0 aliphatic carbocycles. The van der Waals surface area contributed by atoms with E-state index in [4.69, 9.17) is 9.97 Å². The van der Waals surface area contributed by atoms with Gasteiger partial charge >= 0.3 is 0 Å². The molecule has 0 bridgehead atoms. The van der Waals surface area contributed by atoms with Gasteiger partial charge in [-0.1, -0.05) is 140 Å². The third-order valence-corrected chi connectivity index (χ3v) is 12.4. The molecule has 0 N–H and O–H groups in total. The normalized spacial score (nSPS) is 12.0. The Balaban J connectivity index is 1.07. The molecule has 0 saturated carbocycles. The van der Waals surface area contributed by atoms with E-state index in [-0.39, 0.29) is 0 Å². The number of benzene rings is 10. The van der Waals surface area contributed by atoms with Crippen LogP contribution in [0.15, 0.2) is 206 Å². The molecule has 0 fully saturated rings. The van der Waals surface area contributed by atoms with Gasteiger partial charge in [0.1, 0.15) is 0 Å². The van der Waals surface area contributed by atoms with E-state index < -0.39 is 0 Å². The molecular weight excluding hydrogens is 729 g/mol. The Morgan fingerprint density at radius 2 is 0.783 bits per heavy atom. The summed E-state index contributed by atoms with van der Waals surface area (Å²) in [4.78, 5) is 10.3. The van der Waals surface area contributed by atoms with Crippen LogP contribution in [0.4, 0.5) is 0 Å². The van der Waals surface area contributed by atoms with Gasteiger partial charge in [0.2, 0.25) is 0 Å². The second-order valence-electron chi connectivity index (χ2n) is 15.8. The number of para-hydroxylation sites is 3. The van der Waals surface area contributed by atoms with E-state index in [1.165, 1.54) is 65.2 Å². The van der Waals surface area contributed by atoms with Gasteiger partial charge in [-0.25, -0.2) is 9.97 Å². The molecule has 0 spiro atoms. The van der Waals surface area contributed by atoms with Gasteiger partial charge in [0.25, 0.3) is 0 Å². The van der Waals surface area contributed by atoms with E-state index in [1.54, 1.807) is 0 Å². The molecular formula is C56H34N4. The maximum absolute atomic E-state index is 5.20. The summed E-state index contributed by atoms with van der Waals surface area (Å²) < 4.78 is 4.91. The van der Waals surface area contributed by atoms with E-state index in [2.05, 4.69) is 185 Å². The van der Waals surface area contributed by atoms with Gasteiger partial charge in [-0.15, -0.1) is 0 Å². The van der Waals surface area contributed by atoms with E-state index in [0.29, 0.717) is 0 Å². The second kappa shape index (κ2) is 12.7. The summed E-state index contributed by atoms with van der Waals surface area (Å²) in [6, 6.07) is 74.4. The summed E-state index contributed by atoms with van der Waals surface area (Å²) in [7, 11) is 0. The number of hydrogen-bond donors (Lipinski definition) is 0. The van der Waals surface area contributed by atoms with Crippen LogP contribution < -0.4 is 0 Å². The first-order valence-electron chi connectivity index (χ1n) is 20.5. The van der Waals surface area contributed by atoms with Crippen molar-refractivity contribution in [3.05, 3.63) is 206 Å². The highest BCUT2D eigenvalue weighted by Gasteiger charge is 2.21. The van der Waals surface area contributed by atoms with Crippen molar-refractivity contribution >= 4 is 87.0 Å². The van der Waals surface area contributed by atoms with Gasteiger partial charge in [0, 0.05) is 44.0 Å². The van der Waals surface area contributed by atoms with E-state index >= 15 is 0 Å². The fourth-order valence-electron chi connectivity index (χ4n) is 9.72. The number of nitrogens with zero attached hydrogens (tertiary/aromatic N) is 4. The third kappa shape index (κ3) is 4.85. The minimum absolute atomic E-state index is 0.880. The minimum atomic E-state index is 0.880. The first kappa shape index (κ1) is 32.9. The summed E-state index contributed by atoms with van der Waals surface area (Å²) in [5.41, 5.74) is 12.6. The lowest BCUT2D eigenvalue weighted by Gasteiger charge is -2.13. The molecule has 0 unspecified atom stereocenters. The monoisotopic (exact) mass is 762 g/mol. The zero-order chi connectivity index (χ0) is 39.3. The van der Waals surface area contributed by atoms with Crippen LogP contribution in [0.1, 0.15) is 0 Å². The van der Waals surface area contributed by atoms with Gasteiger partial charge in [0.05, 0.1) is 44.5 Å². The quantitative estimate of drug-likeness (QED) is 0.179. The van der Waals surface area contributed by atoms with Crippen molar-refractivity contribution in [2.45, 2.75) is 0 Å². The molecule has 13 aromatic rings. The highest BCUT2D eigenvalue weighted by Crippen LogP contribution is 2.44. The molecule has 0 atom stereocenters. The van der Waals surface area contributed by atoms with Gasteiger partial charge in [0.15, 0.2) is 0 Å². The number of aromatic nitrogens is 4. The average molecular weight is 763 g/mol. The first-order chi connectivity index (χ1) is 29.7. The molecule has 3 aromatic heterocycles. The van der Waals surface area contributed by atoms with Gasteiger partial charge in [-0.2, -0.15) is 0 Å². The van der Waals surface area contributed by atoms with Crippen LogP contribution in [0.25, 0.3) is 121 Å². The molecule has 3 heterocycles. The largest absolute Gasteiger partial charge is 0.309 e. The predicted octanol–water partition coefficient (Wildman–Crippen LogP) is 14.6. The molecule has 0 amide bonds. The third-order valence-electron chi connectivity index (χ3n) is 12.4. The Morgan fingerprint density at radius 1 is 0.283 bits per heavy atom. The van der Waals surface area contributed by atoms with Crippen LogP contribution >= 0.6 is 0 Å². The maximum atomic E-state index is 5.20. The van der Waals surface area contributed by atoms with Crippen molar-refractivity contribution in [3.8, 4) is 33.9 Å². The zero-order valence-corrected chi connectivity index (χ0v) is 32.4. The van der Waals surface area contributed by atoms with Crippen molar-refractivity contribution in [2.24, 2.45) is 0 Å². The Kier molecular flexibility index (Phi) is 6.98. The van der Waals surface area contributed by atoms with Crippen molar-refractivity contribution in [1.29, 1.82) is 0 Å². The van der Waals surface area contributed by atoms with E-state index in [9.17, 15) is 0 Å². The summed E-state index contributed by atoms with van der Waals surface area (Å²) in [5.74, 6) is 0. The van der Waals surface area contributed by atoms with Gasteiger partial charge in [-0.05, 0) is 99.0 Å². The standard InChI is InChI=1S/C56H34N4/c1-3-15-37(16-4-1)55-56(58-48-22-12-11-21-47(48)57-55)40-24-23-39-32-42(28-25-38(39)31-40)60-50-30-27-36-14-8-10-20-44(36)54(50)46-33-45-51(34-52(46)60)59(41-17-5-2-6-18-41)49-29-26-35-13-7-9-19-43(35)53(45)49/h1-34H. The summed E-state index contributed by atoms with van der Waals surface area (Å²) in [6.07, 6.45) is 0. The number of fused-ring (bicyclic) bond motifs is 12. The summed E-state index contributed by atoms with van der Waals surface area (Å²) in [6.45, 7) is 0.